The third-order valence-electron chi connectivity index (χ3n) is 7.66. The van der Waals surface area contributed by atoms with Gasteiger partial charge in [0.1, 0.15) is 17.2 Å². The first-order chi connectivity index (χ1) is 15.3. The van der Waals surface area contributed by atoms with E-state index in [1.165, 1.54) is 24.0 Å². The van der Waals surface area contributed by atoms with Crippen LogP contribution in [0.2, 0.25) is 0 Å². The molecule has 0 aliphatic carbocycles. The Labute approximate surface area is 190 Å². The first kappa shape index (κ1) is 21.3. The number of ether oxygens (including phenoxy) is 1. The molecule has 1 amide bonds. The highest BCUT2D eigenvalue weighted by Crippen LogP contribution is 2.43. The number of nitrogens with two attached hydrogens (primary N) is 1. The fourth-order valence-electron chi connectivity index (χ4n) is 5.68. The van der Waals surface area contributed by atoms with Gasteiger partial charge in [-0.05, 0) is 75.7 Å². The van der Waals surface area contributed by atoms with Crippen LogP contribution in [0.25, 0.3) is 0 Å². The van der Waals surface area contributed by atoms with Crippen LogP contribution in [0.1, 0.15) is 61.0 Å². The number of para-hydroxylation sites is 1. The molecule has 1 aromatic heterocycles. The van der Waals surface area contributed by atoms with Crippen molar-refractivity contribution in [2.75, 3.05) is 31.9 Å². The zero-order valence-electron chi connectivity index (χ0n) is 19.3. The molecule has 3 aliphatic rings. The van der Waals surface area contributed by atoms with Crippen LogP contribution < -0.4 is 10.5 Å². The molecule has 0 radical (unpaired) electrons. The number of rotatable bonds is 3. The quantitative estimate of drug-likeness (QED) is 0.793. The molecule has 3 aliphatic heterocycles. The largest absolute Gasteiger partial charge is 0.487 e. The number of hydrogen-bond donors (Lipinski definition) is 1. The minimum absolute atomic E-state index is 0.0174. The number of anilines is 1. The maximum Gasteiger partial charge on any atom is 0.257 e. The van der Waals surface area contributed by atoms with E-state index < -0.39 is 0 Å². The number of nitrogen functional groups attached to an aromatic ring is 1. The summed E-state index contributed by atoms with van der Waals surface area (Å²) >= 11 is 0. The third-order valence-corrected chi connectivity index (χ3v) is 7.66. The van der Waals surface area contributed by atoms with Crippen molar-refractivity contribution >= 4 is 11.7 Å². The van der Waals surface area contributed by atoms with Gasteiger partial charge in [-0.1, -0.05) is 18.2 Å². The number of nitrogens with zero attached hydrogens (tertiary/aromatic N) is 3. The molecule has 5 rings (SSSR count). The van der Waals surface area contributed by atoms with Gasteiger partial charge in [-0.25, -0.2) is 4.98 Å². The van der Waals surface area contributed by atoms with Gasteiger partial charge < -0.3 is 15.4 Å². The summed E-state index contributed by atoms with van der Waals surface area (Å²) in [5.41, 5.74) is 9.37. The lowest BCUT2D eigenvalue weighted by Crippen LogP contribution is -2.48. The van der Waals surface area contributed by atoms with Crippen LogP contribution in [0.5, 0.6) is 5.75 Å². The monoisotopic (exact) mass is 434 g/mol. The van der Waals surface area contributed by atoms with Gasteiger partial charge in [0.05, 0.1) is 5.56 Å². The molecule has 0 saturated carbocycles. The van der Waals surface area contributed by atoms with Crippen molar-refractivity contribution in [1.82, 2.24) is 14.8 Å². The smallest absolute Gasteiger partial charge is 0.257 e. The second-order valence-corrected chi connectivity index (χ2v) is 10.4. The summed E-state index contributed by atoms with van der Waals surface area (Å²) in [6.07, 6.45) is 7.16. The third kappa shape index (κ3) is 4.08. The van der Waals surface area contributed by atoms with E-state index in [2.05, 4.69) is 41.9 Å². The van der Waals surface area contributed by atoms with Crippen molar-refractivity contribution < 1.29 is 9.53 Å². The fourth-order valence-corrected chi connectivity index (χ4v) is 5.68. The van der Waals surface area contributed by atoms with E-state index in [0.29, 0.717) is 16.8 Å². The lowest BCUT2D eigenvalue weighted by molar-refractivity contribution is 0.0282. The standard InChI is InChI=1S/C26H34N4O2/c1-25(2)17-19-5-3-6-20(22(19)32-25)18-29-13-8-26(9-14-29)10-15-30(16-11-26)24(31)21-7-4-12-28-23(21)27/h3-7,12H,8-11,13-18H2,1-2H3,(H2,27,28). The summed E-state index contributed by atoms with van der Waals surface area (Å²) in [5.74, 6) is 1.45. The maximum absolute atomic E-state index is 12.9. The van der Waals surface area contributed by atoms with Crippen molar-refractivity contribution in [2.45, 2.75) is 58.1 Å². The molecule has 2 N–H and O–H groups in total. The van der Waals surface area contributed by atoms with E-state index in [1.54, 1.807) is 18.3 Å². The SMILES string of the molecule is CC1(C)Cc2cccc(CN3CCC4(CC3)CCN(C(=O)c3cccnc3N)CC4)c2O1. The molecule has 0 bridgehead atoms. The lowest BCUT2D eigenvalue weighted by Gasteiger charge is -2.47. The molecular weight excluding hydrogens is 400 g/mol. The topological polar surface area (TPSA) is 71.7 Å². The molecule has 170 valence electrons. The van der Waals surface area contributed by atoms with Crippen molar-refractivity contribution in [3.63, 3.8) is 0 Å². The van der Waals surface area contributed by atoms with Gasteiger partial charge in [-0.3, -0.25) is 9.69 Å². The maximum atomic E-state index is 12.9. The van der Waals surface area contributed by atoms with Crippen molar-refractivity contribution in [2.24, 2.45) is 5.41 Å². The van der Waals surface area contributed by atoms with Crippen molar-refractivity contribution in [3.8, 4) is 5.75 Å². The van der Waals surface area contributed by atoms with Crippen LogP contribution >= 0.6 is 0 Å². The highest BCUT2D eigenvalue weighted by molar-refractivity contribution is 5.98. The number of fused-ring (bicyclic) bond motifs is 1. The molecule has 6 nitrogen and oxygen atoms in total. The Hall–Kier alpha value is -2.60. The Bertz CT molecular complexity index is 1000. The molecule has 4 heterocycles. The molecule has 1 spiro atoms. The number of hydrogen-bond acceptors (Lipinski definition) is 5. The van der Waals surface area contributed by atoms with Gasteiger partial charge >= 0.3 is 0 Å². The van der Waals surface area contributed by atoms with E-state index in [-0.39, 0.29) is 11.5 Å². The molecular formula is C26H34N4O2. The van der Waals surface area contributed by atoms with Gasteiger partial charge in [0.25, 0.3) is 5.91 Å². The number of likely N-dealkylation sites (tertiary alicyclic amines) is 2. The van der Waals surface area contributed by atoms with Crippen LogP contribution in [0.3, 0.4) is 0 Å². The molecule has 2 fully saturated rings. The number of aromatic nitrogens is 1. The van der Waals surface area contributed by atoms with Crippen LogP contribution in [-0.2, 0) is 13.0 Å². The van der Waals surface area contributed by atoms with Crippen LogP contribution in [0.15, 0.2) is 36.5 Å². The van der Waals surface area contributed by atoms with E-state index in [4.69, 9.17) is 10.5 Å². The first-order valence-corrected chi connectivity index (χ1v) is 11.9. The van der Waals surface area contributed by atoms with E-state index in [9.17, 15) is 4.79 Å². The van der Waals surface area contributed by atoms with E-state index in [1.807, 2.05) is 4.90 Å². The minimum Gasteiger partial charge on any atom is -0.487 e. The van der Waals surface area contributed by atoms with Gasteiger partial charge in [0.15, 0.2) is 0 Å². The number of carbonyl (C=O) groups excluding carboxylic acids is 1. The van der Waals surface area contributed by atoms with Gasteiger partial charge in [0, 0.05) is 37.8 Å². The molecule has 32 heavy (non-hydrogen) atoms. The first-order valence-electron chi connectivity index (χ1n) is 11.9. The second-order valence-electron chi connectivity index (χ2n) is 10.4. The Balaban J connectivity index is 1.17. The summed E-state index contributed by atoms with van der Waals surface area (Å²) in [6.45, 7) is 9.13. The molecule has 6 heteroatoms. The summed E-state index contributed by atoms with van der Waals surface area (Å²) in [4.78, 5) is 21.5. The van der Waals surface area contributed by atoms with Crippen molar-refractivity contribution in [1.29, 1.82) is 0 Å². The number of pyridine rings is 1. The average Bonchev–Trinajstić information content (AvgIpc) is 3.11. The summed E-state index contributed by atoms with van der Waals surface area (Å²) in [5, 5.41) is 0. The highest BCUT2D eigenvalue weighted by atomic mass is 16.5. The van der Waals surface area contributed by atoms with Crippen LogP contribution in [0.4, 0.5) is 5.82 Å². The summed E-state index contributed by atoms with van der Waals surface area (Å²) in [6, 6.07) is 10.1. The molecule has 2 aromatic rings. The number of benzene rings is 1. The zero-order valence-corrected chi connectivity index (χ0v) is 19.3. The Morgan fingerprint density at radius 1 is 1.06 bits per heavy atom. The Kier molecular flexibility index (Phi) is 5.36. The van der Waals surface area contributed by atoms with Crippen LogP contribution in [-0.4, -0.2) is 52.5 Å². The Morgan fingerprint density at radius 3 is 2.50 bits per heavy atom. The highest BCUT2D eigenvalue weighted by Gasteiger charge is 2.39. The number of amides is 1. The predicted molar refractivity (Wildman–Crippen MR) is 126 cm³/mol. The van der Waals surface area contributed by atoms with Crippen molar-refractivity contribution in [3.05, 3.63) is 53.2 Å². The molecule has 0 unspecified atom stereocenters. The normalized spacial score (nSPS) is 21.9. The van der Waals surface area contributed by atoms with E-state index in [0.717, 1.165) is 57.7 Å². The lowest BCUT2D eigenvalue weighted by atomic mass is 9.71. The van der Waals surface area contributed by atoms with E-state index >= 15 is 0 Å². The second kappa shape index (κ2) is 8.07. The van der Waals surface area contributed by atoms with Gasteiger partial charge in [0.2, 0.25) is 0 Å². The molecule has 0 atom stereocenters. The zero-order chi connectivity index (χ0) is 22.3. The van der Waals surface area contributed by atoms with Crippen LogP contribution in [0, 0.1) is 5.41 Å². The van der Waals surface area contributed by atoms with Gasteiger partial charge in [-0.2, -0.15) is 0 Å². The number of piperidine rings is 2. The molecule has 2 saturated heterocycles. The summed E-state index contributed by atoms with van der Waals surface area (Å²) < 4.78 is 6.28. The number of carbonyl (C=O) groups is 1. The minimum atomic E-state index is -0.101. The molecule has 1 aromatic carbocycles. The van der Waals surface area contributed by atoms with Gasteiger partial charge in [-0.15, -0.1) is 0 Å². The predicted octanol–water partition coefficient (Wildman–Crippen LogP) is 3.90. The average molecular weight is 435 g/mol. The summed E-state index contributed by atoms with van der Waals surface area (Å²) in [7, 11) is 0. The Morgan fingerprint density at radius 2 is 1.78 bits per heavy atom. The fraction of sp³-hybridized carbons (Fsp3) is 0.538.